The van der Waals surface area contributed by atoms with Gasteiger partial charge in [0, 0.05) is 19.0 Å². The maximum Gasteiger partial charge on any atom is 0.417 e. The van der Waals surface area contributed by atoms with E-state index >= 15 is 0 Å². The van der Waals surface area contributed by atoms with Crippen LogP contribution in [-0.2, 0) is 38.1 Å². The molecule has 0 saturated carbocycles. The summed E-state index contributed by atoms with van der Waals surface area (Å²) in [6.45, 7) is 10.3. The summed E-state index contributed by atoms with van der Waals surface area (Å²) >= 11 is 0. The Hall–Kier alpha value is -3.07. The number of anilines is 1. The number of hydrogen-bond donors (Lipinski definition) is 2. The molecule has 4 rings (SSSR count). The number of aryl methyl sites for hydroxylation is 1. The van der Waals surface area contributed by atoms with Crippen LogP contribution in [-0.4, -0.2) is 17.0 Å². The minimum Gasteiger partial charge on any atom is -0.484 e. The van der Waals surface area contributed by atoms with E-state index in [0.29, 0.717) is 19.0 Å². The van der Waals surface area contributed by atoms with E-state index in [1.165, 1.54) is 5.56 Å². The summed E-state index contributed by atoms with van der Waals surface area (Å²) in [5.74, 6) is -0.280. The highest BCUT2D eigenvalue weighted by Gasteiger charge is 2.43. The van der Waals surface area contributed by atoms with Gasteiger partial charge in [0.05, 0.1) is 16.8 Å². The molecule has 1 aromatic carbocycles. The summed E-state index contributed by atoms with van der Waals surface area (Å²) < 4.78 is 50.0. The smallest absolute Gasteiger partial charge is 0.417 e. The molecule has 6 nitrogen and oxygen atoms in total. The quantitative estimate of drug-likeness (QED) is 0.577. The third kappa shape index (κ3) is 4.75. The minimum absolute atomic E-state index is 0.0815. The topological polar surface area (TPSA) is 72.5 Å². The summed E-state index contributed by atoms with van der Waals surface area (Å²) in [4.78, 5) is 16.1. The van der Waals surface area contributed by atoms with Crippen molar-refractivity contribution in [1.29, 1.82) is 0 Å². The normalized spacial score (nSPS) is 20.4. The van der Waals surface area contributed by atoms with Crippen LogP contribution in [0.1, 0.15) is 61.9 Å². The molecule has 0 radical (unpaired) electrons. The fourth-order valence-electron chi connectivity index (χ4n) is 4.57. The number of nitrogens with zero attached hydrogens (tertiary/aromatic N) is 1. The van der Waals surface area contributed by atoms with Crippen molar-refractivity contribution in [3.63, 3.8) is 0 Å². The molecular weight excluding hydrogens is 447 g/mol. The Kier molecular flexibility index (Phi) is 5.88. The predicted octanol–water partition coefficient (Wildman–Crippen LogP) is 5.27. The van der Waals surface area contributed by atoms with Crippen LogP contribution in [0.15, 0.2) is 42.3 Å². The maximum absolute atomic E-state index is 12.6. The first-order valence-electron chi connectivity index (χ1n) is 11.1. The number of alkyl halides is 3. The molecule has 0 saturated heterocycles. The molecule has 34 heavy (non-hydrogen) atoms. The number of carbonyl (C=O) groups excluding carboxylic acids is 1. The Labute approximate surface area is 196 Å². The second-order valence-corrected chi connectivity index (χ2v) is 9.70. The van der Waals surface area contributed by atoms with Gasteiger partial charge in [0.2, 0.25) is 0 Å². The summed E-state index contributed by atoms with van der Waals surface area (Å²) in [6, 6.07) is 6.38. The molecule has 2 aromatic rings. The van der Waals surface area contributed by atoms with E-state index in [1.807, 2.05) is 0 Å². The molecule has 9 heteroatoms. The average Bonchev–Trinajstić information content (AvgIpc) is 3.26. The van der Waals surface area contributed by atoms with Gasteiger partial charge in [0.25, 0.3) is 0 Å². The van der Waals surface area contributed by atoms with Crippen molar-refractivity contribution in [1.82, 2.24) is 10.4 Å². The molecule has 2 N–H and O–H groups in total. The highest BCUT2D eigenvalue weighted by atomic mass is 19.4. The Bertz CT molecular complexity index is 1140. The number of hydrazine groups is 1. The number of ether oxygens (including phenoxy) is 2. The van der Waals surface area contributed by atoms with E-state index in [9.17, 15) is 18.0 Å². The number of hydrogen-bond acceptors (Lipinski definition) is 5. The van der Waals surface area contributed by atoms with Crippen molar-refractivity contribution in [2.75, 3.05) is 5.43 Å². The van der Waals surface area contributed by atoms with Crippen LogP contribution in [0.25, 0.3) is 0 Å². The lowest BCUT2D eigenvalue weighted by Crippen LogP contribution is -2.31. The Morgan fingerprint density at radius 3 is 2.44 bits per heavy atom. The molecule has 0 fully saturated rings. The predicted molar refractivity (Wildman–Crippen MR) is 121 cm³/mol. The number of aromatic nitrogens is 1. The van der Waals surface area contributed by atoms with Crippen molar-refractivity contribution in [2.45, 2.75) is 70.9 Å². The largest absolute Gasteiger partial charge is 0.484 e. The Balaban J connectivity index is 1.35. The number of amides is 1. The van der Waals surface area contributed by atoms with E-state index in [2.05, 4.69) is 62.6 Å². The van der Waals surface area contributed by atoms with Crippen LogP contribution < -0.4 is 10.9 Å². The lowest BCUT2D eigenvalue weighted by molar-refractivity contribution is -0.137. The van der Waals surface area contributed by atoms with E-state index in [1.54, 1.807) is 6.08 Å². The summed E-state index contributed by atoms with van der Waals surface area (Å²) in [5, 5.41) is 0. The van der Waals surface area contributed by atoms with Gasteiger partial charge in [-0.3, -0.25) is 15.6 Å². The standard InChI is InChI=1S/C25H28F3N3O3/c1-14-10-18-19(24(4,5)34-23(18,2)3)12-15(14)11-17-7-8-20(33-17)22(32)31-30-21-9-6-16(13-29-21)25(26,27)28/h6,8-10,12-13,17H,7,11H2,1-5H3,(H,29,30)(H,31,32). The number of benzene rings is 1. The SMILES string of the molecule is Cc1cc2c(cc1CC1CC=C(C(=O)NNc3ccc(C(F)(F)F)cn3)O1)C(C)(C)OC2(C)C. The molecule has 182 valence electrons. The molecule has 1 aromatic heterocycles. The van der Waals surface area contributed by atoms with Crippen molar-refractivity contribution >= 4 is 11.7 Å². The second-order valence-electron chi connectivity index (χ2n) is 9.70. The van der Waals surface area contributed by atoms with E-state index < -0.39 is 17.6 Å². The number of fused-ring (bicyclic) bond motifs is 1. The Morgan fingerprint density at radius 2 is 1.82 bits per heavy atom. The highest BCUT2D eigenvalue weighted by molar-refractivity contribution is 5.92. The van der Waals surface area contributed by atoms with Crippen LogP contribution in [0.2, 0.25) is 0 Å². The summed E-state index contributed by atoms with van der Waals surface area (Å²) in [5.41, 5.74) is 7.93. The number of nitrogens with one attached hydrogen (secondary N) is 2. The molecule has 1 atom stereocenters. The zero-order valence-electron chi connectivity index (χ0n) is 19.8. The first-order chi connectivity index (χ1) is 15.8. The van der Waals surface area contributed by atoms with Crippen LogP contribution >= 0.6 is 0 Å². The summed E-state index contributed by atoms with van der Waals surface area (Å²) in [7, 11) is 0. The van der Waals surface area contributed by atoms with Crippen LogP contribution in [0.4, 0.5) is 19.0 Å². The van der Waals surface area contributed by atoms with Gasteiger partial charge >= 0.3 is 12.1 Å². The van der Waals surface area contributed by atoms with Crippen molar-refractivity contribution < 1.29 is 27.4 Å². The van der Waals surface area contributed by atoms with Gasteiger partial charge < -0.3 is 9.47 Å². The lowest BCUT2D eigenvalue weighted by Gasteiger charge is -2.24. The number of pyridine rings is 1. The van der Waals surface area contributed by atoms with Crippen molar-refractivity contribution in [3.05, 3.63) is 70.1 Å². The highest BCUT2D eigenvalue weighted by Crippen LogP contribution is 2.47. The molecule has 2 aliphatic heterocycles. The minimum atomic E-state index is -4.47. The first kappa shape index (κ1) is 24.1. The molecule has 0 bridgehead atoms. The lowest BCUT2D eigenvalue weighted by atomic mass is 9.86. The van der Waals surface area contributed by atoms with Gasteiger partial charge in [0.1, 0.15) is 11.9 Å². The molecule has 0 aliphatic carbocycles. The van der Waals surface area contributed by atoms with Crippen LogP contribution in [0.5, 0.6) is 0 Å². The molecule has 0 spiro atoms. The number of rotatable bonds is 5. The third-order valence-corrected chi connectivity index (χ3v) is 6.21. The zero-order valence-corrected chi connectivity index (χ0v) is 19.8. The van der Waals surface area contributed by atoms with E-state index in [0.717, 1.165) is 28.8 Å². The van der Waals surface area contributed by atoms with Crippen LogP contribution in [0, 0.1) is 6.92 Å². The number of halogens is 3. The molecule has 1 unspecified atom stereocenters. The van der Waals surface area contributed by atoms with Gasteiger partial charge in [-0.25, -0.2) is 4.98 Å². The van der Waals surface area contributed by atoms with Gasteiger partial charge in [-0.05, 0) is 75.1 Å². The van der Waals surface area contributed by atoms with Crippen molar-refractivity contribution in [3.8, 4) is 0 Å². The molecule has 2 aliphatic rings. The zero-order chi connectivity index (χ0) is 24.9. The van der Waals surface area contributed by atoms with Crippen molar-refractivity contribution in [2.24, 2.45) is 0 Å². The Morgan fingerprint density at radius 1 is 1.15 bits per heavy atom. The van der Waals surface area contributed by atoms with Gasteiger partial charge in [0.15, 0.2) is 5.76 Å². The fraction of sp³-hybridized carbons (Fsp3) is 0.440. The average molecular weight is 476 g/mol. The first-order valence-corrected chi connectivity index (χ1v) is 11.1. The second kappa shape index (κ2) is 8.30. The van der Waals surface area contributed by atoms with Gasteiger partial charge in [-0.1, -0.05) is 12.1 Å². The van der Waals surface area contributed by atoms with Gasteiger partial charge in [-0.15, -0.1) is 0 Å². The fourth-order valence-corrected chi connectivity index (χ4v) is 4.57. The van der Waals surface area contributed by atoms with Crippen LogP contribution in [0.3, 0.4) is 0 Å². The molecular formula is C25H28F3N3O3. The molecule has 1 amide bonds. The van der Waals surface area contributed by atoms with E-state index in [-0.39, 0.29) is 28.9 Å². The summed E-state index contributed by atoms with van der Waals surface area (Å²) in [6.07, 6.45) is -1.05. The van der Waals surface area contributed by atoms with Gasteiger partial charge in [-0.2, -0.15) is 13.2 Å². The maximum atomic E-state index is 12.6. The van der Waals surface area contributed by atoms with E-state index in [4.69, 9.17) is 9.47 Å². The third-order valence-electron chi connectivity index (χ3n) is 6.21. The number of carbonyl (C=O) groups is 1. The molecule has 3 heterocycles. The monoisotopic (exact) mass is 475 g/mol.